The van der Waals surface area contributed by atoms with E-state index in [0.717, 1.165) is 25.1 Å². The fraction of sp³-hybridized carbons (Fsp3) is 0.385. The van der Waals surface area contributed by atoms with Crippen molar-refractivity contribution in [2.45, 2.75) is 19.5 Å². The van der Waals surface area contributed by atoms with Gasteiger partial charge in [-0.05, 0) is 30.7 Å². The second kappa shape index (κ2) is 6.54. The van der Waals surface area contributed by atoms with Gasteiger partial charge in [0.15, 0.2) is 0 Å². The molecule has 0 amide bonds. The van der Waals surface area contributed by atoms with Crippen LogP contribution in [-0.2, 0) is 6.18 Å². The van der Waals surface area contributed by atoms with Crippen LogP contribution in [0.25, 0.3) is 6.08 Å². The van der Waals surface area contributed by atoms with E-state index in [0.29, 0.717) is 12.6 Å². The minimum atomic E-state index is -4.54. The third kappa shape index (κ3) is 4.49. The van der Waals surface area contributed by atoms with E-state index >= 15 is 0 Å². The first kappa shape index (κ1) is 14.7. The molecule has 18 heavy (non-hydrogen) atoms. The molecule has 1 N–H and O–H groups in total. The highest BCUT2D eigenvalue weighted by molar-refractivity contribution is 5.55. The highest BCUT2D eigenvalue weighted by Crippen LogP contribution is 2.33. The van der Waals surface area contributed by atoms with E-state index in [1.807, 2.05) is 6.92 Å². The summed E-state index contributed by atoms with van der Waals surface area (Å²) < 4.78 is 50.8. The Balaban J connectivity index is 2.82. The molecule has 0 heterocycles. The summed E-state index contributed by atoms with van der Waals surface area (Å²) in [6.07, 6.45) is -0.639. The lowest BCUT2D eigenvalue weighted by Crippen LogP contribution is -2.14. The summed E-state index contributed by atoms with van der Waals surface area (Å²) in [5.74, 6) is -0.886. The quantitative estimate of drug-likeness (QED) is 0.627. The second-order valence-electron chi connectivity index (χ2n) is 3.84. The number of rotatable bonds is 5. The lowest BCUT2D eigenvalue weighted by molar-refractivity contribution is -0.137. The highest BCUT2D eigenvalue weighted by Gasteiger charge is 2.33. The van der Waals surface area contributed by atoms with Crippen molar-refractivity contribution < 1.29 is 17.6 Å². The van der Waals surface area contributed by atoms with Gasteiger partial charge in [0.2, 0.25) is 0 Å². The molecule has 0 bridgehead atoms. The van der Waals surface area contributed by atoms with Gasteiger partial charge in [-0.25, -0.2) is 4.39 Å². The molecule has 5 heteroatoms. The molecule has 0 radical (unpaired) electrons. The Labute approximate surface area is 104 Å². The summed E-state index contributed by atoms with van der Waals surface area (Å²) in [5, 5.41) is 3.03. The van der Waals surface area contributed by atoms with Gasteiger partial charge in [0.05, 0.1) is 5.56 Å². The second-order valence-corrected chi connectivity index (χ2v) is 3.84. The van der Waals surface area contributed by atoms with E-state index in [1.54, 1.807) is 6.08 Å². The SMILES string of the molecule is CCCNC/C=C/c1ccc(F)cc1C(F)(F)F. The molecule has 0 saturated carbocycles. The van der Waals surface area contributed by atoms with Crippen LogP contribution in [0.1, 0.15) is 24.5 Å². The van der Waals surface area contributed by atoms with Crippen LogP contribution in [0.2, 0.25) is 0 Å². The van der Waals surface area contributed by atoms with E-state index in [-0.39, 0.29) is 5.56 Å². The molecule has 1 aromatic carbocycles. The van der Waals surface area contributed by atoms with Gasteiger partial charge >= 0.3 is 6.18 Å². The number of hydrogen-bond donors (Lipinski definition) is 1. The van der Waals surface area contributed by atoms with Crippen LogP contribution in [0.5, 0.6) is 0 Å². The fourth-order valence-corrected chi connectivity index (χ4v) is 1.47. The van der Waals surface area contributed by atoms with Crippen LogP contribution in [-0.4, -0.2) is 13.1 Å². The summed E-state index contributed by atoms with van der Waals surface area (Å²) in [4.78, 5) is 0. The maximum Gasteiger partial charge on any atom is 0.417 e. The molecule has 100 valence electrons. The Morgan fingerprint density at radius 1 is 1.28 bits per heavy atom. The zero-order chi connectivity index (χ0) is 13.6. The third-order valence-corrected chi connectivity index (χ3v) is 2.31. The summed E-state index contributed by atoms with van der Waals surface area (Å²) >= 11 is 0. The Kier molecular flexibility index (Phi) is 5.34. The number of benzene rings is 1. The van der Waals surface area contributed by atoms with Crippen LogP contribution in [0.15, 0.2) is 24.3 Å². The molecular weight excluding hydrogens is 246 g/mol. The van der Waals surface area contributed by atoms with Gasteiger partial charge in [0.1, 0.15) is 5.82 Å². The van der Waals surface area contributed by atoms with Crippen molar-refractivity contribution in [1.82, 2.24) is 5.32 Å². The van der Waals surface area contributed by atoms with Gasteiger partial charge in [-0.3, -0.25) is 0 Å². The fourth-order valence-electron chi connectivity index (χ4n) is 1.47. The zero-order valence-corrected chi connectivity index (χ0v) is 10.0. The average molecular weight is 261 g/mol. The van der Waals surface area contributed by atoms with E-state index < -0.39 is 17.6 Å². The van der Waals surface area contributed by atoms with Gasteiger partial charge in [0, 0.05) is 6.54 Å². The van der Waals surface area contributed by atoms with Crippen LogP contribution in [0, 0.1) is 5.82 Å². The molecule has 0 aromatic heterocycles. The first-order chi connectivity index (χ1) is 8.45. The molecule has 0 saturated heterocycles. The predicted octanol–water partition coefficient (Wildman–Crippen LogP) is 3.86. The Morgan fingerprint density at radius 3 is 2.61 bits per heavy atom. The summed E-state index contributed by atoms with van der Waals surface area (Å²) in [6.45, 7) is 3.29. The first-order valence-electron chi connectivity index (χ1n) is 5.69. The molecule has 1 rings (SSSR count). The van der Waals surface area contributed by atoms with Crippen molar-refractivity contribution in [2.24, 2.45) is 0 Å². The Hall–Kier alpha value is -1.36. The Bertz CT molecular complexity index is 410. The monoisotopic (exact) mass is 261 g/mol. The maximum absolute atomic E-state index is 12.8. The van der Waals surface area contributed by atoms with E-state index in [9.17, 15) is 17.6 Å². The van der Waals surface area contributed by atoms with Gasteiger partial charge in [-0.1, -0.05) is 25.1 Å². The lowest BCUT2D eigenvalue weighted by atomic mass is 10.1. The van der Waals surface area contributed by atoms with Crippen LogP contribution >= 0.6 is 0 Å². The van der Waals surface area contributed by atoms with Crippen molar-refractivity contribution in [3.63, 3.8) is 0 Å². The molecule has 0 aliphatic rings. The standard InChI is InChI=1S/C13H15F4N/c1-2-7-18-8-3-4-10-5-6-11(14)9-12(10)13(15,16)17/h3-6,9,18H,2,7-8H2,1H3/b4-3+. The van der Waals surface area contributed by atoms with E-state index in [4.69, 9.17) is 0 Å². The lowest BCUT2D eigenvalue weighted by Gasteiger charge is -2.10. The van der Waals surface area contributed by atoms with Crippen molar-refractivity contribution in [3.05, 3.63) is 41.2 Å². The summed E-state index contributed by atoms with van der Waals surface area (Å²) in [5.41, 5.74) is -0.976. The molecule has 1 aromatic rings. The molecule has 0 spiro atoms. The van der Waals surface area contributed by atoms with Gasteiger partial charge in [0.25, 0.3) is 0 Å². The molecular formula is C13H15F4N. The minimum absolute atomic E-state index is 0.0257. The number of halogens is 4. The van der Waals surface area contributed by atoms with Gasteiger partial charge in [-0.2, -0.15) is 13.2 Å². The maximum atomic E-state index is 12.8. The topological polar surface area (TPSA) is 12.0 Å². The van der Waals surface area contributed by atoms with Crippen molar-refractivity contribution in [2.75, 3.05) is 13.1 Å². The number of hydrogen-bond acceptors (Lipinski definition) is 1. The molecule has 0 atom stereocenters. The van der Waals surface area contributed by atoms with Crippen LogP contribution < -0.4 is 5.32 Å². The normalized spacial score (nSPS) is 12.3. The van der Waals surface area contributed by atoms with Crippen LogP contribution in [0.3, 0.4) is 0 Å². The molecule has 0 fully saturated rings. The minimum Gasteiger partial charge on any atom is -0.313 e. The van der Waals surface area contributed by atoms with Gasteiger partial charge in [-0.15, -0.1) is 0 Å². The average Bonchev–Trinajstić information content (AvgIpc) is 2.29. The number of nitrogens with one attached hydrogen (secondary N) is 1. The highest BCUT2D eigenvalue weighted by atomic mass is 19.4. The smallest absolute Gasteiger partial charge is 0.313 e. The zero-order valence-electron chi connectivity index (χ0n) is 10.0. The molecule has 0 aliphatic carbocycles. The first-order valence-corrected chi connectivity index (χ1v) is 5.69. The summed E-state index contributed by atoms with van der Waals surface area (Å²) in [6, 6.07) is 2.67. The predicted molar refractivity (Wildman–Crippen MR) is 63.6 cm³/mol. The van der Waals surface area contributed by atoms with E-state index in [1.165, 1.54) is 6.08 Å². The number of alkyl halides is 3. The van der Waals surface area contributed by atoms with Crippen molar-refractivity contribution >= 4 is 6.08 Å². The molecule has 0 unspecified atom stereocenters. The van der Waals surface area contributed by atoms with Gasteiger partial charge < -0.3 is 5.32 Å². The molecule has 1 nitrogen and oxygen atoms in total. The Morgan fingerprint density at radius 2 is 2.00 bits per heavy atom. The van der Waals surface area contributed by atoms with Crippen molar-refractivity contribution in [1.29, 1.82) is 0 Å². The summed E-state index contributed by atoms with van der Waals surface area (Å²) in [7, 11) is 0. The van der Waals surface area contributed by atoms with E-state index in [2.05, 4.69) is 5.32 Å². The van der Waals surface area contributed by atoms with Crippen molar-refractivity contribution in [3.8, 4) is 0 Å². The van der Waals surface area contributed by atoms with Crippen LogP contribution in [0.4, 0.5) is 17.6 Å². The largest absolute Gasteiger partial charge is 0.417 e. The third-order valence-electron chi connectivity index (χ3n) is 2.31. The molecule has 0 aliphatic heterocycles.